The van der Waals surface area contributed by atoms with Gasteiger partial charge in [-0.3, -0.25) is 0 Å². The Balaban J connectivity index is 1.11. The molecule has 0 aliphatic heterocycles. The van der Waals surface area contributed by atoms with Gasteiger partial charge in [-0.15, -0.1) is 0 Å². The van der Waals surface area contributed by atoms with Crippen molar-refractivity contribution in [2.24, 2.45) is 23.7 Å². The van der Waals surface area contributed by atoms with Crippen LogP contribution < -0.4 is 4.90 Å². The summed E-state index contributed by atoms with van der Waals surface area (Å²) in [6.07, 6.45) is 17.3. The topological polar surface area (TPSA) is 3.24 Å². The molecular weight excluding hydrogens is 663 g/mol. The molecule has 1 nitrogen and oxygen atoms in total. The van der Waals surface area contributed by atoms with Gasteiger partial charge in [0.05, 0.1) is 5.69 Å². The van der Waals surface area contributed by atoms with Gasteiger partial charge in [-0.1, -0.05) is 135 Å². The largest absolute Gasteiger partial charge is 0.310 e. The molecule has 0 saturated heterocycles. The van der Waals surface area contributed by atoms with Crippen LogP contribution in [0.1, 0.15) is 92.9 Å². The molecular formula is C54H53N. The van der Waals surface area contributed by atoms with Gasteiger partial charge in [0.2, 0.25) is 0 Å². The van der Waals surface area contributed by atoms with Crippen molar-refractivity contribution < 1.29 is 0 Å². The molecule has 5 aliphatic rings. The molecule has 0 radical (unpaired) electrons. The second-order valence-electron chi connectivity index (χ2n) is 17.8. The molecule has 2 unspecified atom stereocenters. The maximum Gasteiger partial charge on any atom is 0.0540 e. The van der Waals surface area contributed by atoms with Crippen molar-refractivity contribution in [3.63, 3.8) is 0 Å². The zero-order valence-electron chi connectivity index (χ0n) is 32.2. The highest BCUT2D eigenvalue weighted by Crippen LogP contribution is 2.66. The normalized spacial score (nSPS) is 24.9. The Morgan fingerprint density at radius 1 is 0.418 bits per heavy atom. The molecule has 0 amide bonds. The summed E-state index contributed by atoms with van der Waals surface area (Å²) in [5.74, 6) is 3.37. The molecule has 1 spiro atoms. The molecule has 3 fully saturated rings. The smallest absolute Gasteiger partial charge is 0.0540 e. The third-order valence-corrected chi connectivity index (χ3v) is 14.9. The first-order valence-corrected chi connectivity index (χ1v) is 21.7. The van der Waals surface area contributed by atoms with E-state index in [-0.39, 0.29) is 5.41 Å². The third kappa shape index (κ3) is 5.48. The van der Waals surface area contributed by atoms with Crippen LogP contribution in [0.15, 0.2) is 140 Å². The molecule has 3 saturated carbocycles. The Bertz CT molecular complexity index is 2350. The molecule has 1 heteroatoms. The summed E-state index contributed by atoms with van der Waals surface area (Å²) >= 11 is 0. The molecule has 2 atom stereocenters. The van der Waals surface area contributed by atoms with Gasteiger partial charge in [-0.2, -0.15) is 0 Å². The van der Waals surface area contributed by atoms with Gasteiger partial charge in [0.25, 0.3) is 0 Å². The first kappa shape index (κ1) is 33.5. The number of para-hydroxylation sites is 1. The van der Waals surface area contributed by atoms with E-state index in [1.807, 2.05) is 0 Å². The molecule has 55 heavy (non-hydrogen) atoms. The molecule has 6 aromatic carbocycles. The zero-order chi connectivity index (χ0) is 36.3. The van der Waals surface area contributed by atoms with Crippen molar-refractivity contribution >= 4 is 17.1 Å². The molecule has 5 aliphatic carbocycles. The lowest BCUT2D eigenvalue weighted by molar-refractivity contribution is 0.0973. The Kier molecular flexibility index (Phi) is 8.33. The van der Waals surface area contributed by atoms with E-state index in [1.54, 1.807) is 11.1 Å². The number of anilines is 3. The average Bonchev–Trinajstić information content (AvgIpc) is 3.31. The molecule has 274 valence electrons. The summed E-state index contributed by atoms with van der Waals surface area (Å²) in [6.45, 7) is 0. The monoisotopic (exact) mass is 715 g/mol. The number of hydrogen-bond donors (Lipinski definition) is 0. The van der Waals surface area contributed by atoms with Crippen molar-refractivity contribution in [2.45, 2.75) is 88.9 Å². The zero-order valence-corrected chi connectivity index (χ0v) is 32.2. The number of nitrogens with zero attached hydrogens (tertiary/aromatic N) is 1. The van der Waals surface area contributed by atoms with Gasteiger partial charge in [0, 0.05) is 22.4 Å². The Morgan fingerprint density at radius 2 is 1.04 bits per heavy atom. The van der Waals surface area contributed by atoms with Crippen LogP contribution in [-0.4, -0.2) is 0 Å². The van der Waals surface area contributed by atoms with E-state index in [0.717, 1.165) is 36.5 Å². The first-order chi connectivity index (χ1) is 27.3. The van der Waals surface area contributed by atoms with Crippen LogP contribution in [0.4, 0.5) is 17.1 Å². The molecule has 11 rings (SSSR count). The van der Waals surface area contributed by atoms with Crippen molar-refractivity contribution in [3.8, 4) is 33.4 Å². The van der Waals surface area contributed by atoms with Crippen molar-refractivity contribution in [2.75, 3.05) is 4.90 Å². The van der Waals surface area contributed by atoms with E-state index in [1.165, 1.54) is 132 Å². The second kappa shape index (κ2) is 13.7. The Morgan fingerprint density at radius 3 is 1.85 bits per heavy atom. The fraction of sp³-hybridized carbons (Fsp3) is 0.333. The predicted molar refractivity (Wildman–Crippen MR) is 230 cm³/mol. The van der Waals surface area contributed by atoms with Crippen LogP contribution in [0.5, 0.6) is 0 Å². The maximum absolute atomic E-state index is 2.61. The van der Waals surface area contributed by atoms with E-state index in [9.17, 15) is 0 Å². The Labute approximate surface area is 328 Å². The summed E-state index contributed by atoms with van der Waals surface area (Å²) in [5.41, 5.74) is 18.4. The van der Waals surface area contributed by atoms with Crippen LogP contribution in [-0.2, 0) is 18.3 Å². The maximum atomic E-state index is 2.61. The molecule has 0 heterocycles. The number of aryl methyl sites for hydroxylation is 2. The average molecular weight is 716 g/mol. The lowest BCUT2D eigenvalue weighted by Crippen LogP contribution is -2.46. The van der Waals surface area contributed by atoms with E-state index < -0.39 is 0 Å². The highest BCUT2D eigenvalue weighted by molar-refractivity contribution is 5.92. The van der Waals surface area contributed by atoms with E-state index in [4.69, 9.17) is 0 Å². The quantitative estimate of drug-likeness (QED) is 0.176. The van der Waals surface area contributed by atoms with Crippen LogP contribution in [0.3, 0.4) is 0 Å². The van der Waals surface area contributed by atoms with Crippen LogP contribution >= 0.6 is 0 Å². The number of fused-ring (bicyclic) bond motifs is 13. The van der Waals surface area contributed by atoms with Gasteiger partial charge in [0.1, 0.15) is 0 Å². The predicted octanol–water partition coefficient (Wildman–Crippen LogP) is 14.7. The molecule has 6 aromatic rings. The fourth-order valence-corrected chi connectivity index (χ4v) is 12.7. The molecule has 0 N–H and O–H groups in total. The summed E-state index contributed by atoms with van der Waals surface area (Å²) in [6, 6.07) is 54.0. The minimum atomic E-state index is 0.149. The summed E-state index contributed by atoms with van der Waals surface area (Å²) < 4.78 is 0. The number of rotatable bonds is 4. The summed E-state index contributed by atoms with van der Waals surface area (Å²) in [5, 5.41) is 0. The SMILES string of the molecule is c1ccc(-c2ccccc2N(c2ccc3c(c2)CCCCCCc2ccccc2-3)c2ccc3c(c2)-c2ccccc2C32C3CCC4CCC2CC(C4)C3)cc1. The van der Waals surface area contributed by atoms with Gasteiger partial charge < -0.3 is 4.90 Å². The fourth-order valence-electron chi connectivity index (χ4n) is 12.7. The molecule has 0 aromatic heterocycles. The van der Waals surface area contributed by atoms with Crippen molar-refractivity contribution in [1.82, 2.24) is 0 Å². The third-order valence-electron chi connectivity index (χ3n) is 14.9. The minimum Gasteiger partial charge on any atom is -0.310 e. The first-order valence-electron chi connectivity index (χ1n) is 21.7. The van der Waals surface area contributed by atoms with E-state index >= 15 is 0 Å². The highest BCUT2D eigenvalue weighted by atomic mass is 15.1. The summed E-state index contributed by atoms with van der Waals surface area (Å²) in [7, 11) is 0. The standard InChI is InChI=1S/C54H53N/c1-2-5-18-41-35-44(28-30-47(41)46-19-9-8-17-39(46)14-4-1)55(53-23-13-11-20-48(53)40-15-6-3-7-16-40)45-29-31-52-50(36-45)49-21-10-12-22-51(49)54(52)42-26-24-37-25-27-43(54)34-38(32-37)33-42/h3,6-13,15-17,19-23,28-31,35-38,42-43H,1-2,4-5,14,18,24-27,32-34H2. The van der Waals surface area contributed by atoms with Crippen molar-refractivity contribution in [3.05, 3.63) is 162 Å². The number of benzene rings is 6. The van der Waals surface area contributed by atoms with Crippen molar-refractivity contribution in [1.29, 1.82) is 0 Å². The van der Waals surface area contributed by atoms with Gasteiger partial charge in [-0.05, 0) is 162 Å². The van der Waals surface area contributed by atoms with Crippen LogP contribution in [0, 0.1) is 23.7 Å². The van der Waals surface area contributed by atoms with Gasteiger partial charge in [-0.25, -0.2) is 0 Å². The van der Waals surface area contributed by atoms with E-state index in [2.05, 4.69) is 144 Å². The van der Waals surface area contributed by atoms with E-state index in [0.29, 0.717) is 0 Å². The Hall–Kier alpha value is -4.88. The van der Waals surface area contributed by atoms with Gasteiger partial charge in [0.15, 0.2) is 0 Å². The minimum absolute atomic E-state index is 0.149. The lowest BCUT2D eigenvalue weighted by atomic mass is 9.52. The van der Waals surface area contributed by atoms with Crippen LogP contribution in [0.25, 0.3) is 33.4 Å². The second-order valence-corrected chi connectivity index (χ2v) is 17.8. The van der Waals surface area contributed by atoms with Crippen LogP contribution in [0.2, 0.25) is 0 Å². The highest BCUT2D eigenvalue weighted by Gasteiger charge is 2.58. The molecule has 4 bridgehead atoms. The summed E-state index contributed by atoms with van der Waals surface area (Å²) in [4.78, 5) is 2.59. The number of hydrogen-bond acceptors (Lipinski definition) is 1. The lowest BCUT2D eigenvalue weighted by Gasteiger charge is -2.51. The van der Waals surface area contributed by atoms with Gasteiger partial charge >= 0.3 is 0 Å².